The van der Waals surface area contributed by atoms with E-state index in [1.807, 2.05) is 42.5 Å². The van der Waals surface area contributed by atoms with E-state index in [4.69, 9.17) is 9.47 Å². The molecule has 0 aliphatic carbocycles. The number of nitrogens with zero attached hydrogens (tertiary/aromatic N) is 1. The van der Waals surface area contributed by atoms with Gasteiger partial charge in [-0.3, -0.25) is 9.59 Å². The third-order valence-electron chi connectivity index (χ3n) is 5.86. The minimum absolute atomic E-state index is 0.173. The number of aryl methyl sites for hydroxylation is 1. The van der Waals surface area contributed by atoms with E-state index >= 15 is 0 Å². The van der Waals surface area contributed by atoms with Crippen LogP contribution in [-0.2, 0) is 29.0 Å². The third-order valence-corrected chi connectivity index (χ3v) is 5.86. The SMILES string of the molecule is CNC(=O)[C@@H](Cc1ccccc1)N(Cc1ccc(F)cc1)C(=O)CCc1ccc(OC)c(OC)c1. The number of amides is 2. The Kier molecular flexibility index (Phi) is 9.23. The van der Waals surface area contributed by atoms with Crippen molar-refractivity contribution in [1.29, 1.82) is 0 Å². The van der Waals surface area contributed by atoms with Gasteiger partial charge in [-0.1, -0.05) is 48.5 Å². The topological polar surface area (TPSA) is 67.9 Å². The van der Waals surface area contributed by atoms with Crippen LogP contribution >= 0.6 is 0 Å². The molecule has 0 aliphatic rings. The Labute approximate surface area is 205 Å². The van der Waals surface area contributed by atoms with E-state index < -0.39 is 6.04 Å². The van der Waals surface area contributed by atoms with Gasteiger partial charge in [-0.15, -0.1) is 0 Å². The molecular weight excluding hydrogens is 447 g/mol. The summed E-state index contributed by atoms with van der Waals surface area (Å²) in [5, 5.41) is 2.69. The first kappa shape index (κ1) is 25.7. The Morgan fingerprint density at radius 2 is 1.54 bits per heavy atom. The number of benzene rings is 3. The lowest BCUT2D eigenvalue weighted by atomic mass is 10.0. The summed E-state index contributed by atoms with van der Waals surface area (Å²) in [6, 6.07) is 20.4. The van der Waals surface area contributed by atoms with E-state index in [0.29, 0.717) is 24.3 Å². The Morgan fingerprint density at radius 1 is 0.886 bits per heavy atom. The van der Waals surface area contributed by atoms with Gasteiger partial charge < -0.3 is 19.7 Å². The molecule has 2 amide bonds. The Bertz CT molecular complexity index is 1120. The number of hydrogen-bond donors (Lipinski definition) is 1. The van der Waals surface area contributed by atoms with Crippen LogP contribution in [0.2, 0.25) is 0 Å². The van der Waals surface area contributed by atoms with E-state index in [0.717, 1.165) is 16.7 Å². The second-order valence-corrected chi connectivity index (χ2v) is 8.16. The van der Waals surface area contributed by atoms with Crippen LogP contribution < -0.4 is 14.8 Å². The number of carbonyl (C=O) groups is 2. The van der Waals surface area contributed by atoms with E-state index in [1.54, 1.807) is 44.4 Å². The summed E-state index contributed by atoms with van der Waals surface area (Å²) in [6.45, 7) is 0.190. The maximum atomic E-state index is 13.5. The highest BCUT2D eigenvalue weighted by Gasteiger charge is 2.29. The molecule has 7 heteroatoms. The molecule has 0 saturated carbocycles. The molecule has 0 unspecified atom stereocenters. The average Bonchev–Trinajstić information content (AvgIpc) is 2.90. The number of nitrogens with one attached hydrogen (secondary N) is 1. The van der Waals surface area contributed by atoms with Crippen molar-refractivity contribution in [3.05, 3.63) is 95.3 Å². The molecule has 0 saturated heterocycles. The highest BCUT2D eigenvalue weighted by molar-refractivity contribution is 5.88. The lowest BCUT2D eigenvalue weighted by Gasteiger charge is -2.31. The Morgan fingerprint density at radius 3 is 2.17 bits per heavy atom. The molecule has 3 aromatic rings. The lowest BCUT2D eigenvalue weighted by Crippen LogP contribution is -2.49. The molecule has 1 atom stereocenters. The monoisotopic (exact) mass is 478 g/mol. The first-order valence-corrected chi connectivity index (χ1v) is 11.5. The van der Waals surface area contributed by atoms with E-state index in [1.165, 1.54) is 12.1 Å². The molecule has 0 aliphatic heterocycles. The average molecular weight is 479 g/mol. The number of carbonyl (C=O) groups excluding carboxylic acids is 2. The quantitative estimate of drug-likeness (QED) is 0.449. The molecule has 184 valence electrons. The van der Waals surface area contributed by atoms with Gasteiger partial charge in [-0.05, 0) is 47.4 Å². The predicted octanol–water partition coefficient (Wildman–Crippen LogP) is 4.16. The van der Waals surface area contributed by atoms with Crippen molar-refractivity contribution in [3.8, 4) is 11.5 Å². The zero-order chi connectivity index (χ0) is 25.2. The largest absolute Gasteiger partial charge is 0.493 e. The molecule has 0 heterocycles. The van der Waals surface area contributed by atoms with Crippen LogP contribution in [0.25, 0.3) is 0 Å². The molecule has 0 radical (unpaired) electrons. The summed E-state index contributed by atoms with van der Waals surface area (Å²) >= 11 is 0. The van der Waals surface area contributed by atoms with Gasteiger partial charge in [0, 0.05) is 26.4 Å². The van der Waals surface area contributed by atoms with E-state index in [2.05, 4.69) is 5.32 Å². The molecule has 0 fully saturated rings. The fourth-order valence-corrected chi connectivity index (χ4v) is 3.94. The molecular formula is C28H31FN2O4. The van der Waals surface area contributed by atoms with Gasteiger partial charge in [0.1, 0.15) is 11.9 Å². The predicted molar refractivity (Wildman–Crippen MR) is 133 cm³/mol. The summed E-state index contributed by atoms with van der Waals surface area (Å²) in [4.78, 5) is 28.1. The lowest BCUT2D eigenvalue weighted by molar-refractivity contribution is -0.141. The van der Waals surface area contributed by atoms with Gasteiger partial charge in [-0.25, -0.2) is 4.39 Å². The van der Waals surface area contributed by atoms with Crippen molar-refractivity contribution < 1.29 is 23.5 Å². The van der Waals surface area contributed by atoms with Crippen LogP contribution in [0.4, 0.5) is 4.39 Å². The minimum Gasteiger partial charge on any atom is -0.493 e. The second kappa shape index (κ2) is 12.6. The number of ether oxygens (including phenoxy) is 2. The number of rotatable bonds is 11. The van der Waals surface area contributed by atoms with Crippen LogP contribution in [0.3, 0.4) is 0 Å². The number of likely N-dealkylation sites (N-methyl/N-ethyl adjacent to an activating group) is 1. The van der Waals surface area contributed by atoms with Gasteiger partial charge >= 0.3 is 0 Å². The van der Waals surface area contributed by atoms with Crippen molar-refractivity contribution in [1.82, 2.24) is 10.2 Å². The van der Waals surface area contributed by atoms with Crippen LogP contribution in [0.1, 0.15) is 23.1 Å². The molecule has 3 rings (SSSR count). The zero-order valence-corrected chi connectivity index (χ0v) is 20.3. The summed E-state index contributed by atoms with van der Waals surface area (Å²) in [5.41, 5.74) is 2.60. The van der Waals surface area contributed by atoms with Crippen LogP contribution in [0.15, 0.2) is 72.8 Å². The zero-order valence-electron chi connectivity index (χ0n) is 20.3. The van der Waals surface area contributed by atoms with Crippen molar-refractivity contribution in [2.24, 2.45) is 0 Å². The van der Waals surface area contributed by atoms with Gasteiger partial charge in [0.15, 0.2) is 11.5 Å². The van der Waals surface area contributed by atoms with E-state index in [-0.39, 0.29) is 30.6 Å². The smallest absolute Gasteiger partial charge is 0.242 e. The molecule has 3 aromatic carbocycles. The highest BCUT2D eigenvalue weighted by atomic mass is 19.1. The fraction of sp³-hybridized carbons (Fsp3) is 0.286. The summed E-state index contributed by atoms with van der Waals surface area (Å²) in [5.74, 6) is 0.423. The molecule has 0 bridgehead atoms. The van der Waals surface area contributed by atoms with Crippen LogP contribution in [-0.4, -0.2) is 44.0 Å². The van der Waals surface area contributed by atoms with Gasteiger partial charge in [-0.2, -0.15) is 0 Å². The molecule has 0 spiro atoms. The summed E-state index contributed by atoms with van der Waals surface area (Å²) in [6.07, 6.45) is 1.02. The molecule has 0 aromatic heterocycles. The highest BCUT2D eigenvalue weighted by Crippen LogP contribution is 2.28. The third kappa shape index (κ3) is 7.06. The number of halogens is 1. The van der Waals surface area contributed by atoms with E-state index in [9.17, 15) is 14.0 Å². The molecule has 35 heavy (non-hydrogen) atoms. The minimum atomic E-state index is -0.717. The number of methoxy groups -OCH3 is 2. The Balaban J connectivity index is 1.86. The summed E-state index contributed by atoms with van der Waals surface area (Å²) in [7, 11) is 4.69. The number of hydrogen-bond acceptors (Lipinski definition) is 4. The maximum absolute atomic E-state index is 13.5. The van der Waals surface area contributed by atoms with Gasteiger partial charge in [0.2, 0.25) is 11.8 Å². The van der Waals surface area contributed by atoms with Crippen molar-refractivity contribution in [2.45, 2.75) is 31.8 Å². The normalized spacial score (nSPS) is 11.4. The standard InChI is InChI=1S/C28H31FN2O4/c1-30-28(33)24(17-20-7-5-4-6-8-20)31(19-22-9-13-23(29)14-10-22)27(32)16-12-21-11-15-25(34-2)26(18-21)35-3/h4-11,13-15,18,24H,12,16-17,19H2,1-3H3,(H,30,33)/t24-/m1/s1. The first-order chi connectivity index (χ1) is 16.9. The van der Waals surface area contributed by atoms with Gasteiger partial charge in [0.25, 0.3) is 0 Å². The van der Waals surface area contributed by atoms with Crippen molar-refractivity contribution in [2.75, 3.05) is 21.3 Å². The van der Waals surface area contributed by atoms with Crippen molar-refractivity contribution >= 4 is 11.8 Å². The van der Waals surface area contributed by atoms with Crippen molar-refractivity contribution in [3.63, 3.8) is 0 Å². The molecule has 6 nitrogen and oxygen atoms in total. The Hall–Kier alpha value is -3.87. The second-order valence-electron chi connectivity index (χ2n) is 8.16. The first-order valence-electron chi connectivity index (χ1n) is 11.5. The fourth-order valence-electron chi connectivity index (χ4n) is 3.94. The van der Waals surface area contributed by atoms with Gasteiger partial charge in [0.05, 0.1) is 14.2 Å². The summed E-state index contributed by atoms with van der Waals surface area (Å²) < 4.78 is 24.1. The molecule has 1 N–H and O–H groups in total. The van der Waals surface area contributed by atoms with Crippen LogP contribution in [0.5, 0.6) is 11.5 Å². The maximum Gasteiger partial charge on any atom is 0.242 e. The van der Waals surface area contributed by atoms with Crippen LogP contribution in [0, 0.1) is 5.82 Å².